The first-order valence-electron chi connectivity index (χ1n) is 8.11. The van der Waals surface area contributed by atoms with Crippen molar-refractivity contribution in [3.63, 3.8) is 0 Å². The van der Waals surface area contributed by atoms with Gasteiger partial charge in [0.2, 0.25) is 5.82 Å². The van der Waals surface area contributed by atoms with Gasteiger partial charge in [-0.15, -0.1) is 16.4 Å². The van der Waals surface area contributed by atoms with E-state index >= 15 is 0 Å². The van der Waals surface area contributed by atoms with Crippen molar-refractivity contribution in [3.8, 4) is 16.4 Å². The molecule has 3 aromatic heterocycles. The van der Waals surface area contributed by atoms with Crippen molar-refractivity contribution in [2.24, 2.45) is 0 Å². The first kappa shape index (κ1) is 17.0. The summed E-state index contributed by atoms with van der Waals surface area (Å²) in [6.07, 6.45) is 1.62. The van der Waals surface area contributed by atoms with Crippen LogP contribution in [0.1, 0.15) is 16.2 Å². The lowest BCUT2D eigenvalue weighted by Gasteiger charge is -2.04. The zero-order valence-corrected chi connectivity index (χ0v) is 15.1. The highest BCUT2D eigenvalue weighted by Gasteiger charge is 2.20. The largest absolute Gasteiger partial charge is 0.304 e. The molecule has 0 radical (unpaired) electrons. The lowest BCUT2D eigenvalue weighted by Crippen LogP contribution is -2.15. The summed E-state index contributed by atoms with van der Waals surface area (Å²) in [6, 6.07) is 13.2. The van der Waals surface area contributed by atoms with Gasteiger partial charge in [-0.3, -0.25) is 4.79 Å². The van der Waals surface area contributed by atoms with E-state index in [-0.39, 0.29) is 11.6 Å². The summed E-state index contributed by atoms with van der Waals surface area (Å²) in [6.45, 7) is 1.91. The molecule has 27 heavy (non-hydrogen) atoms. The number of benzene rings is 1. The van der Waals surface area contributed by atoms with E-state index < -0.39 is 5.91 Å². The van der Waals surface area contributed by atoms with Crippen molar-refractivity contribution in [1.29, 1.82) is 0 Å². The van der Waals surface area contributed by atoms with E-state index in [0.717, 1.165) is 10.4 Å². The number of halogens is 1. The number of hydrogen-bond donors (Lipinski definition) is 1. The van der Waals surface area contributed by atoms with Crippen molar-refractivity contribution in [2.45, 2.75) is 6.92 Å². The number of nitrogens with zero attached hydrogens (tertiary/aromatic N) is 4. The van der Waals surface area contributed by atoms with Gasteiger partial charge in [0.15, 0.2) is 5.82 Å². The lowest BCUT2D eigenvalue weighted by atomic mass is 10.3. The topological polar surface area (TPSA) is 72.7 Å². The monoisotopic (exact) mass is 379 g/mol. The number of hydrogen-bond acceptors (Lipinski definition) is 5. The van der Waals surface area contributed by atoms with Gasteiger partial charge in [0, 0.05) is 6.20 Å². The van der Waals surface area contributed by atoms with Crippen molar-refractivity contribution < 1.29 is 9.18 Å². The Morgan fingerprint density at radius 1 is 1.19 bits per heavy atom. The summed E-state index contributed by atoms with van der Waals surface area (Å²) in [5.41, 5.74) is 1.59. The van der Waals surface area contributed by atoms with Crippen molar-refractivity contribution in [2.75, 3.05) is 5.32 Å². The number of rotatable bonds is 4. The number of carbonyl (C=O) groups excluding carboxylic acids is 1. The fourth-order valence-electron chi connectivity index (χ4n) is 2.51. The maximum absolute atomic E-state index is 13.3. The lowest BCUT2D eigenvalue weighted by molar-refractivity contribution is 0.101. The molecule has 1 amide bonds. The molecule has 0 spiro atoms. The highest BCUT2D eigenvalue weighted by Crippen LogP contribution is 2.26. The predicted octanol–water partition coefficient (Wildman–Crippen LogP) is 4.09. The maximum Gasteiger partial charge on any atom is 0.296 e. The van der Waals surface area contributed by atoms with E-state index in [1.807, 2.05) is 30.5 Å². The number of nitrogens with one attached hydrogen (secondary N) is 1. The standard InChI is InChI=1S/C19H14FN5OS/c1-12-8-9-21-16(11-12)22-19(26)17-23-18(15-3-2-10-27-15)25(24-17)14-6-4-13(20)5-7-14/h2-11H,1H3,(H,21,22,26). The minimum Gasteiger partial charge on any atom is -0.304 e. The number of carbonyl (C=O) groups is 1. The van der Waals surface area contributed by atoms with Gasteiger partial charge in [-0.1, -0.05) is 6.07 Å². The number of amides is 1. The molecular formula is C19H14FN5OS. The minimum absolute atomic E-state index is 0.00558. The van der Waals surface area contributed by atoms with Crippen molar-refractivity contribution in [1.82, 2.24) is 19.7 Å². The molecule has 0 aliphatic heterocycles. The van der Waals surface area contributed by atoms with Gasteiger partial charge in [0.25, 0.3) is 5.91 Å². The van der Waals surface area contributed by atoms with Crippen LogP contribution in [0.25, 0.3) is 16.4 Å². The van der Waals surface area contributed by atoms with Crippen LogP contribution < -0.4 is 5.32 Å². The van der Waals surface area contributed by atoms with E-state index in [1.165, 1.54) is 28.2 Å². The van der Waals surface area contributed by atoms with E-state index in [4.69, 9.17) is 0 Å². The number of pyridine rings is 1. The molecule has 1 aromatic carbocycles. The van der Waals surface area contributed by atoms with Gasteiger partial charge in [-0.2, -0.15) is 0 Å². The van der Waals surface area contributed by atoms with Crippen LogP contribution in [0.15, 0.2) is 60.1 Å². The molecule has 0 fully saturated rings. The molecule has 0 saturated carbocycles. The highest BCUT2D eigenvalue weighted by molar-refractivity contribution is 7.13. The first-order valence-corrected chi connectivity index (χ1v) is 8.99. The van der Waals surface area contributed by atoms with Crippen LogP contribution in [0.4, 0.5) is 10.2 Å². The molecule has 4 rings (SSSR count). The molecular weight excluding hydrogens is 365 g/mol. The zero-order valence-electron chi connectivity index (χ0n) is 14.3. The SMILES string of the molecule is Cc1ccnc(NC(=O)c2nc(-c3cccs3)n(-c3ccc(F)cc3)n2)c1. The smallest absolute Gasteiger partial charge is 0.296 e. The summed E-state index contributed by atoms with van der Waals surface area (Å²) in [5.74, 6) is 0.132. The molecule has 0 saturated heterocycles. The second-order valence-electron chi connectivity index (χ2n) is 5.80. The first-order chi connectivity index (χ1) is 13.1. The average Bonchev–Trinajstić information content (AvgIpc) is 3.32. The van der Waals surface area contributed by atoms with Gasteiger partial charge >= 0.3 is 0 Å². The highest BCUT2D eigenvalue weighted by atomic mass is 32.1. The molecule has 0 unspecified atom stereocenters. The van der Waals surface area contributed by atoms with E-state index in [2.05, 4.69) is 20.4 Å². The molecule has 0 atom stereocenters. The zero-order chi connectivity index (χ0) is 18.8. The Morgan fingerprint density at radius 3 is 2.70 bits per heavy atom. The fourth-order valence-corrected chi connectivity index (χ4v) is 3.21. The van der Waals surface area contributed by atoms with Crippen LogP contribution in [-0.2, 0) is 0 Å². The second-order valence-corrected chi connectivity index (χ2v) is 6.74. The maximum atomic E-state index is 13.3. The molecule has 6 nitrogen and oxygen atoms in total. The fraction of sp³-hybridized carbons (Fsp3) is 0.0526. The molecule has 0 aliphatic carbocycles. The molecule has 0 aliphatic rings. The molecule has 3 heterocycles. The van der Waals surface area contributed by atoms with Crippen molar-refractivity contribution in [3.05, 3.63) is 77.3 Å². The molecule has 8 heteroatoms. The van der Waals surface area contributed by atoms with Crippen LogP contribution in [0.5, 0.6) is 0 Å². The molecule has 1 N–H and O–H groups in total. The molecule has 134 valence electrons. The number of aromatic nitrogens is 4. The van der Waals surface area contributed by atoms with Gasteiger partial charge in [-0.25, -0.2) is 19.0 Å². The van der Waals surface area contributed by atoms with Crippen LogP contribution in [0.2, 0.25) is 0 Å². The quantitative estimate of drug-likeness (QED) is 0.580. The van der Waals surface area contributed by atoms with E-state index in [1.54, 1.807) is 24.4 Å². The van der Waals surface area contributed by atoms with Crippen LogP contribution in [-0.4, -0.2) is 25.7 Å². The van der Waals surface area contributed by atoms with Gasteiger partial charge in [0.05, 0.1) is 10.6 Å². The Labute approximate surface area is 158 Å². The third-order valence-electron chi connectivity index (χ3n) is 3.78. The van der Waals surface area contributed by atoms with Crippen molar-refractivity contribution >= 4 is 23.1 Å². The third-order valence-corrected chi connectivity index (χ3v) is 4.65. The van der Waals surface area contributed by atoms with Gasteiger partial charge < -0.3 is 5.32 Å². The Bertz CT molecular complexity index is 1090. The predicted molar refractivity (Wildman–Crippen MR) is 102 cm³/mol. The summed E-state index contributed by atoms with van der Waals surface area (Å²) in [5, 5.41) is 8.95. The van der Waals surface area contributed by atoms with Crippen LogP contribution in [0, 0.1) is 12.7 Å². The number of anilines is 1. The summed E-state index contributed by atoms with van der Waals surface area (Å²) in [4.78, 5) is 22.0. The van der Waals surface area contributed by atoms with Crippen LogP contribution in [0.3, 0.4) is 0 Å². The van der Waals surface area contributed by atoms with Gasteiger partial charge in [0.1, 0.15) is 11.6 Å². The summed E-state index contributed by atoms with van der Waals surface area (Å²) < 4.78 is 14.8. The molecule has 4 aromatic rings. The Kier molecular flexibility index (Phi) is 4.47. The second kappa shape index (κ2) is 7.08. The molecule has 0 bridgehead atoms. The average molecular weight is 379 g/mol. The Balaban J connectivity index is 1.72. The Hall–Kier alpha value is -3.39. The van der Waals surface area contributed by atoms with Crippen LogP contribution >= 0.6 is 11.3 Å². The van der Waals surface area contributed by atoms with E-state index in [0.29, 0.717) is 17.3 Å². The third kappa shape index (κ3) is 3.61. The Morgan fingerprint density at radius 2 is 2.00 bits per heavy atom. The number of aryl methyl sites for hydroxylation is 1. The summed E-state index contributed by atoms with van der Waals surface area (Å²) >= 11 is 1.48. The normalized spacial score (nSPS) is 10.7. The van der Waals surface area contributed by atoms with E-state index in [9.17, 15) is 9.18 Å². The number of thiophene rings is 1. The summed E-state index contributed by atoms with van der Waals surface area (Å²) in [7, 11) is 0. The van der Waals surface area contributed by atoms with Gasteiger partial charge in [-0.05, 0) is 60.3 Å². The minimum atomic E-state index is -0.466.